The first-order chi connectivity index (χ1) is 10.4. The molecule has 2 aliphatic rings. The number of rotatable bonds is 3. The van der Waals surface area contributed by atoms with Crippen molar-refractivity contribution in [2.75, 3.05) is 18.0 Å². The van der Waals surface area contributed by atoms with Crippen molar-refractivity contribution >= 4 is 19.0 Å². The molecule has 0 aromatic carbocycles. The molecule has 0 aliphatic carbocycles. The first-order valence-corrected chi connectivity index (χ1v) is 8.13. The summed E-state index contributed by atoms with van der Waals surface area (Å²) in [7, 11) is -0.309. The van der Waals surface area contributed by atoms with Crippen LogP contribution in [0.25, 0.3) is 6.08 Å². The predicted octanol–water partition coefficient (Wildman–Crippen LogP) is 3.33. The van der Waals surface area contributed by atoms with Crippen molar-refractivity contribution in [3.63, 3.8) is 0 Å². The van der Waals surface area contributed by atoms with Crippen molar-refractivity contribution in [3.8, 4) is 0 Å². The van der Waals surface area contributed by atoms with Gasteiger partial charge in [0, 0.05) is 24.8 Å². The van der Waals surface area contributed by atoms with Crippen LogP contribution >= 0.6 is 0 Å². The Morgan fingerprint density at radius 2 is 1.77 bits per heavy atom. The average Bonchev–Trinajstić information content (AvgIpc) is 3.04. The van der Waals surface area contributed by atoms with E-state index in [-0.39, 0.29) is 18.3 Å². The van der Waals surface area contributed by atoms with Crippen LogP contribution in [0.4, 0.5) is 5.82 Å². The van der Waals surface area contributed by atoms with Crippen LogP contribution in [0.2, 0.25) is 0 Å². The van der Waals surface area contributed by atoms with Crippen molar-refractivity contribution in [2.45, 2.75) is 51.7 Å². The van der Waals surface area contributed by atoms with E-state index in [0.29, 0.717) is 0 Å². The van der Waals surface area contributed by atoms with Gasteiger partial charge in [-0.2, -0.15) is 0 Å². The van der Waals surface area contributed by atoms with Crippen molar-refractivity contribution in [2.24, 2.45) is 0 Å². The van der Waals surface area contributed by atoms with E-state index in [0.717, 1.165) is 24.5 Å². The summed E-state index contributed by atoms with van der Waals surface area (Å²) in [5, 5.41) is 0. The Morgan fingerprint density at radius 1 is 1.14 bits per heavy atom. The fourth-order valence-electron chi connectivity index (χ4n) is 2.88. The monoisotopic (exact) mass is 300 g/mol. The smallest absolute Gasteiger partial charge is 0.400 e. The lowest BCUT2D eigenvalue weighted by atomic mass is 9.89. The molecule has 2 aliphatic heterocycles. The highest BCUT2D eigenvalue weighted by molar-refractivity contribution is 6.52. The minimum Gasteiger partial charge on any atom is -0.400 e. The first-order valence-electron chi connectivity index (χ1n) is 8.13. The van der Waals surface area contributed by atoms with Crippen LogP contribution in [0.15, 0.2) is 24.3 Å². The van der Waals surface area contributed by atoms with E-state index in [1.165, 1.54) is 12.8 Å². The van der Waals surface area contributed by atoms with Crippen molar-refractivity contribution in [1.82, 2.24) is 4.98 Å². The maximum Gasteiger partial charge on any atom is 0.487 e. The van der Waals surface area contributed by atoms with Gasteiger partial charge in [-0.15, -0.1) is 0 Å². The van der Waals surface area contributed by atoms with Gasteiger partial charge in [-0.1, -0.05) is 12.1 Å². The van der Waals surface area contributed by atoms with Gasteiger partial charge in [0.25, 0.3) is 0 Å². The molecule has 22 heavy (non-hydrogen) atoms. The summed E-state index contributed by atoms with van der Waals surface area (Å²) >= 11 is 0. The normalized spacial score (nSPS) is 23.6. The van der Waals surface area contributed by atoms with E-state index in [2.05, 4.69) is 49.7 Å². The third kappa shape index (κ3) is 2.92. The highest BCUT2D eigenvalue weighted by Gasteiger charge is 2.50. The van der Waals surface area contributed by atoms with Gasteiger partial charge in [0.1, 0.15) is 5.82 Å². The molecule has 5 heteroatoms. The van der Waals surface area contributed by atoms with E-state index in [4.69, 9.17) is 9.31 Å². The molecule has 1 aromatic rings. The SMILES string of the molecule is CC1(C)OB(/C=C/c2cccnc2N2CCCC2)OC1(C)C. The molecule has 3 rings (SSSR count). The van der Waals surface area contributed by atoms with Crippen molar-refractivity contribution in [1.29, 1.82) is 0 Å². The van der Waals surface area contributed by atoms with Gasteiger partial charge < -0.3 is 14.2 Å². The first kappa shape index (κ1) is 15.6. The number of hydrogen-bond acceptors (Lipinski definition) is 4. The largest absolute Gasteiger partial charge is 0.487 e. The maximum atomic E-state index is 6.01. The standard InChI is InChI=1S/C17H25BN2O2/c1-16(2)17(3,4)22-18(21-16)10-9-14-8-7-11-19-15(14)20-12-5-6-13-20/h7-11H,5-6,12-13H2,1-4H3/b10-9+. The minimum atomic E-state index is -0.309. The molecule has 0 atom stereocenters. The predicted molar refractivity (Wildman–Crippen MR) is 90.8 cm³/mol. The number of anilines is 1. The zero-order valence-electron chi connectivity index (χ0n) is 14.0. The molecule has 0 radical (unpaired) electrons. The molecule has 2 fully saturated rings. The Morgan fingerprint density at radius 3 is 2.41 bits per heavy atom. The minimum absolute atomic E-state index is 0.297. The average molecular weight is 300 g/mol. The molecule has 0 spiro atoms. The number of nitrogens with zero attached hydrogens (tertiary/aromatic N) is 2. The van der Waals surface area contributed by atoms with E-state index < -0.39 is 0 Å². The van der Waals surface area contributed by atoms with Crippen LogP contribution in [-0.4, -0.2) is 36.4 Å². The van der Waals surface area contributed by atoms with Gasteiger partial charge in [-0.05, 0) is 52.7 Å². The molecule has 1 aromatic heterocycles. The van der Waals surface area contributed by atoms with Gasteiger partial charge in [0.15, 0.2) is 0 Å². The summed E-state index contributed by atoms with van der Waals surface area (Å²) in [6.45, 7) is 10.5. The highest BCUT2D eigenvalue weighted by Crippen LogP contribution is 2.37. The van der Waals surface area contributed by atoms with Gasteiger partial charge >= 0.3 is 7.12 Å². The van der Waals surface area contributed by atoms with Crippen LogP contribution in [0.3, 0.4) is 0 Å². The third-order valence-corrected chi connectivity index (χ3v) is 4.93. The number of hydrogen-bond donors (Lipinski definition) is 0. The summed E-state index contributed by atoms with van der Waals surface area (Å²) in [5.74, 6) is 3.06. The molecule has 0 saturated carbocycles. The van der Waals surface area contributed by atoms with Crippen LogP contribution in [0.1, 0.15) is 46.1 Å². The zero-order chi connectivity index (χ0) is 15.8. The Labute approximate surface area is 133 Å². The molecular formula is C17H25BN2O2. The second kappa shape index (κ2) is 5.71. The highest BCUT2D eigenvalue weighted by atomic mass is 16.7. The fraction of sp³-hybridized carbons (Fsp3) is 0.588. The van der Waals surface area contributed by atoms with Gasteiger partial charge in [-0.3, -0.25) is 0 Å². The molecular weight excluding hydrogens is 275 g/mol. The van der Waals surface area contributed by atoms with Crippen LogP contribution in [0, 0.1) is 0 Å². The molecule has 0 unspecified atom stereocenters. The molecule has 2 saturated heterocycles. The van der Waals surface area contributed by atoms with Gasteiger partial charge in [0.05, 0.1) is 11.2 Å². The summed E-state index contributed by atoms with van der Waals surface area (Å²) in [6, 6.07) is 4.08. The third-order valence-electron chi connectivity index (χ3n) is 4.93. The van der Waals surface area contributed by atoms with Gasteiger partial charge in [0.2, 0.25) is 0 Å². The fourth-order valence-corrected chi connectivity index (χ4v) is 2.88. The van der Waals surface area contributed by atoms with Gasteiger partial charge in [-0.25, -0.2) is 4.98 Å². The summed E-state index contributed by atoms with van der Waals surface area (Å²) in [5.41, 5.74) is 0.530. The lowest BCUT2D eigenvalue weighted by Crippen LogP contribution is -2.41. The lowest BCUT2D eigenvalue weighted by Gasteiger charge is -2.32. The molecule has 0 amide bonds. The van der Waals surface area contributed by atoms with Crippen molar-refractivity contribution in [3.05, 3.63) is 29.9 Å². The zero-order valence-corrected chi connectivity index (χ0v) is 14.0. The Kier molecular flexibility index (Phi) is 4.04. The number of aromatic nitrogens is 1. The Balaban J connectivity index is 1.77. The summed E-state index contributed by atoms with van der Waals surface area (Å²) < 4.78 is 12.0. The maximum absolute atomic E-state index is 6.01. The van der Waals surface area contributed by atoms with Crippen LogP contribution in [-0.2, 0) is 9.31 Å². The molecule has 3 heterocycles. The molecule has 118 valence electrons. The van der Waals surface area contributed by atoms with Crippen LogP contribution in [0.5, 0.6) is 0 Å². The topological polar surface area (TPSA) is 34.6 Å². The molecule has 4 nitrogen and oxygen atoms in total. The molecule has 0 bridgehead atoms. The quantitative estimate of drug-likeness (QED) is 0.802. The lowest BCUT2D eigenvalue weighted by molar-refractivity contribution is 0.00578. The number of pyridine rings is 1. The van der Waals surface area contributed by atoms with E-state index >= 15 is 0 Å². The van der Waals surface area contributed by atoms with Crippen LogP contribution < -0.4 is 4.90 Å². The Bertz CT molecular complexity index is 550. The Hall–Kier alpha value is -1.33. The van der Waals surface area contributed by atoms with E-state index in [9.17, 15) is 0 Å². The van der Waals surface area contributed by atoms with E-state index in [1.54, 1.807) is 0 Å². The summed E-state index contributed by atoms with van der Waals surface area (Å²) in [6.07, 6.45) is 6.43. The molecule has 0 N–H and O–H groups in total. The second-order valence-corrected chi connectivity index (χ2v) is 7.09. The van der Waals surface area contributed by atoms with E-state index in [1.807, 2.05) is 18.2 Å². The summed E-state index contributed by atoms with van der Waals surface area (Å²) in [4.78, 5) is 6.91. The van der Waals surface area contributed by atoms with Crippen molar-refractivity contribution < 1.29 is 9.31 Å². The second-order valence-electron chi connectivity index (χ2n) is 7.09.